The third-order valence-electron chi connectivity index (χ3n) is 2.84. The van der Waals surface area contributed by atoms with Gasteiger partial charge < -0.3 is 15.2 Å². The Balaban J connectivity index is 2.33. The average molecular weight is 262 g/mol. The summed E-state index contributed by atoms with van der Waals surface area (Å²) in [7, 11) is 3.13. The lowest BCUT2D eigenvalue weighted by Crippen LogP contribution is -2.13. The monoisotopic (exact) mass is 262 g/mol. The number of rotatable bonds is 4. The lowest BCUT2D eigenvalue weighted by molar-refractivity contribution is 0.354. The van der Waals surface area contributed by atoms with Gasteiger partial charge in [0.25, 0.3) is 0 Å². The van der Waals surface area contributed by atoms with Crippen molar-refractivity contribution in [2.24, 2.45) is 5.73 Å². The van der Waals surface area contributed by atoms with Crippen LogP contribution >= 0.6 is 0 Å². The molecule has 2 rings (SSSR count). The van der Waals surface area contributed by atoms with Crippen LogP contribution in [0.3, 0.4) is 0 Å². The van der Waals surface area contributed by atoms with Crippen LogP contribution in [-0.4, -0.2) is 19.2 Å². The van der Waals surface area contributed by atoms with Crippen LogP contribution in [0.25, 0.3) is 0 Å². The number of benzene rings is 1. The normalized spacial score (nSPS) is 12.0. The standard InChI is InChI=1S/C14H15FN2O2/c1-18-12-6-3-9(7-13(12)19-2)14(16)11-5-4-10(15)8-17-11/h3-8,14H,16H2,1-2H3. The molecule has 4 nitrogen and oxygen atoms in total. The molecule has 100 valence electrons. The molecule has 1 atom stereocenters. The molecule has 1 heterocycles. The van der Waals surface area contributed by atoms with Crippen LogP contribution < -0.4 is 15.2 Å². The molecule has 2 N–H and O–H groups in total. The third kappa shape index (κ3) is 2.82. The van der Waals surface area contributed by atoms with Crippen molar-refractivity contribution in [1.82, 2.24) is 4.98 Å². The van der Waals surface area contributed by atoms with E-state index in [1.165, 1.54) is 6.07 Å². The number of hydrogen-bond acceptors (Lipinski definition) is 4. The zero-order valence-electron chi connectivity index (χ0n) is 10.8. The summed E-state index contributed by atoms with van der Waals surface area (Å²) in [4.78, 5) is 3.98. The molecule has 0 amide bonds. The first-order valence-corrected chi connectivity index (χ1v) is 5.74. The van der Waals surface area contributed by atoms with E-state index in [1.807, 2.05) is 6.07 Å². The van der Waals surface area contributed by atoms with E-state index in [0.717, 1.165) is 11.8 Å². The number of aromatic nitrogens is 1. The minimum Gasteiger partial charge on any atom is -0.493 e. The van der Waals surface area contributed by atoms with E-state index in [4.69, 9.17) is 15.2 Å². The van der Waals surface area contributed by atoms with Crippen LogP contribution in [0.1, 0.15) is 17.3 Å². The van der Waals surface area contributed by atoms with E-state index >= 15 is 0 Å². The molecule has 2 aromatic rings. The van der Waals surface area contributed by atoms with Gasteiger partial charge in [-0.15, -0.1) is 0 Å². The Bertz CT molecular complexity index is 558. The van der Waals surface area contributed by atoms with Gasteiger partial charge in [-0.3, -0.25) is 4.98 Å². The van der Waals surface area contributed by atoms with Crippen LogP contribution in [0, 0.1) is 5.82 Å². The second-order valence-electron chi connectivity index (χ2n) is 3.99. The molecule has 1 aromatic heterocycles. The summed E-state index contributed by atoms with van der Waals surface area (Å²) < 4.78 is 23.2. The first-order valence-electron chi connectivity index (χ1n) is 5.74. The number of pyridine rings is 1. The van der Waals surface area contributed by atoms with Crippen LogP contribution in [0.5, 0.6) is 11.5 Å². The van der Waals surface area contributed by atoms with Crippen molar-refractivity contribution in [3.05, 3.63) is 53.6 Å². The number of hydrogen-bond donors (Lipinski definition) is 1. The predicted molar refractivity (Wildman–Crippen MR) is 69.8 cm³/mol. The van der Waals surface area contributed by atoms with Gasteiger partial charge in [0.15, 0.2) is 11.5 Å². The van der Waals surface area contributed by atoms with Crippen molar-refractivity contribution in [1.29, 1.82) is 0 Å². The molecule has 0 aliphatic carbocycles. The van der Waals surface area contributed by atoms with Crippen LogP contribution in [0.2, 0.25) is 0 Å². The third-order valence-corrected chi connectivity index (χ3v) is 2.84. The minimum atomic E-state index is -0.444. The van der Waals surface area contributed by atoms with Crippen molar-refractivity contribution >= 4 is 0 Å². The summed E-state index contributed by atoms with van der Waals surface area (Å²) in [6.45, 7) is 0. The molecule has 1 unspecified atom stereocenters. The number of nitrogens with two attached hydrogens (primary N) is 1. The molecular weight excluding hydrogens is 247 g/mol. The second kappa shape index (κ2) is 5.67. The maximum atomic E-state index is 12.8. The maximum absolute atomic E-state index is 12.8. The summed E-state index contributed by atoms with van der Waals surface area (Å²) >= 11 is 0. The smallest absolute Gasteiger partial charge is 0.161 e. The Morgan fingerprint density at radius 1 is 1.11 bits per heavy atom. The van der Waals surface area contributed by atoms with Gasteiger partial charge in [-0.05, 0) is 29.8 Å². The van der Waals surface area contributed by atoms with E-state index < -0.39 is 6.04 Å². The van der Waals surface area contributed by atoms with Gasteiger partial charge in [0.1, 0.15) is 5.82 Å². The molecule has 0 spiro atoms. The fourth-order valence-corrected chi connectivity index (χ4v) is 1.79. The fourth-order valence-electron chi connectivity index (χ4n) is 1.79. The number of nitrogens with zero attached hydrogens (tertiary/aromatic N) is 1. The Labute approximate surface area is 111 Å². The molecule has 0 bridgehead atoms. The molecule has 19 heavy (non-hydrogen) atoms. The molecule has 1 aromatic carbocycles. The van der Waals surface area contributed by atoms with Gasteiger partial charge in [0.05, 0.1) is 32.2 Å². The summed E-state index contributed by atoms with van der Waals surface area (Å²) in [5.41, 5.74) is 7.51. The lowest BCUT2D eigenvalue weighted by atomic mass is 10.0. The summed E-state index contributed by atoms with van der Waals surface area (Å²) in [5.74, 6) is 0.839. The molecule has 0 saturated carbocycles. The summed E-state index contributed by atoms with van der Waals surface area (Å²) in [6.07, 6.45) is 1.15. The number of halogens is 1. The highest BCUT2D eigenvalue weighted by Crippen LogP contribution is 2.30. The predicted octanol–water partition coefficient (Wildman–Crippen LogP) is 2.29. The molecule has 0 saturated heterocycles. The van der Waals surface area contributed by atoms with E-state index in [0.29, 0.717) is 17.2 Å². The van der Waals surface area contributed by atoms with E-state index in [2.05, 4.69) is 4.98 Å². The molecule has 0 aliphatic heterocycles. The van der Waals surface area contributed by atoms with Crippen LogP contribution in [-0.2, 0) is 0 Å². The molecule has 0 aliphatic rings. The Morgan fingerprint density at radius 2 is 1.84 bits per heavy atom. The van der Waals surface area contributed by atoms with Crippen molar-refractivity contribution in [3.63, 3.8) is 0 Å². The maximum Gasteiger partial charge on any atom is 0.161 e. The van der Waals surface area contributed by atoms with Gasteiger partial charge >= 0.3 is 0 Å². The molecule has 0 fully saturated rings. The second-order valence-corrected chi connectivity index (χ2v) is 3.99. The van der Waals surface area contributed by atoms with Crippen LogP contribution in [0.15, 0.2) is 36.5 Å². The zero-order valence-corrected chi connectivity index (χ0v) is 10.8. The molecule has 0 radical (unpaired) electrons. The fraction of sp³-hybridized carbons (Fsp3) is 0.214. The summed E-state index contributed by atoms with van der Waals surface area (Å²) in [5, 5.41) is 0. The van der Waals surface area contributed by atoms with E-state index in [1.54, 1.807) is 32.4 Å². The average Bonchev–Trinajstić information content (AvgIpc) is 2.46. The largest absolute Gasteiger partial charge is 0.493 e. The van der Waals surface area contributed by atoms with Gasteiger partial charge in [0, 0.05) is 0 Å². The topological polar surface area (TPSA) is 57.4 Å². The minimum absolute atomic E-state index is 0.386. The Morgan fingerprint density at radius 3 is 2.42 bits per heavy atom. The highest BCUT2D eigenvalue weighted by Gasteiger charge is 2.13. The van der Waals surface area contributed by atoms with Gasteiger partial charge in [0.2, 0.25) is 0 Å². The van der Waals surface area contributed by atoms with Crippen LogP contribution in [0.4, 0.5) is 4.39 Å². The summed E-state index contributed by atoms with van der Waals surface area (Å²) in [6, 6.07) is 7.85. The molecular formula is C14H15FN2O2. The highest BCUT2D eigenvalue weighted by molar-refractivity contribution is 5.45. The van der Waals surface area contributed by atoms with Gasteiger partial charge in [-0.1, -0.05) is 6.07 Å². The van der Waals surface area contributed by atoms with Crippen molar-refractivity contribution in [3.8, 4) is 11.5 Å². The van der Waals surface area contributed by atoms with Gasteiger partial charge in [-0.25, -0.2) is 4.39 Å². The van der Waals surface area contributed by atoms with Crippen molar-refractivity contribution in [2.45, 2.75) is 6.04 Å². The van der Waals surface area contributed by atoms with Gasteiger partial charge in [-0.2, -0.15) is 0 Å². The molecule has 5 heteroatoms. The zero-order chi connectivity index (χ0) is 13.8. The van der Waals surface area contributed by atoms with Crippen molar-refractivity contribution in [2.75, 3.05) is 14.2 Å². The van der Waals surface area contributed by atoms with E-state index in [-0.39, 0.29) is 5.82 Å². The lowest BCUT2D eigenvalue weighted by Gasteiger charge is -2.14. The Kier molecular flexibility index (Phi) is 3.97. The highest BCUT2D eigenvalue weighted by atomic mass is 19.1. The first-order chi connectivity index (χ1) is 9.15. The Hall–Kier alpha value is -2.14. The number of methoxy groups -OCH3 is 2. The quantitative estimate of drug-likeness (QED) is 0.918. The van der Waals surface area contributed by atoms with E-state index in [9.17, 15) is 4.39 Å². The SMILES string of the molecule is COc1ccc(C(N)c2ccc(F)cn2)cc1OC. The number of ether oxygens (including phenoxy) is 2. The first kappa shape index (κ1) is 13.3. The van der Waals surface area contributed by atoms with Crippen molar-refractivity contribution < 1.29 is 13.9 Å².